The monoisotopic (exact) mass is 323 g/mol. The van der Waals surface area contributed by atoms with Gasteiger partial charge in [0.2, 0.25) is 5.91 Å². The SMILES string of the molecule is [2H]c1c(C([2H])([2H])[2H])c([2H])n2c(C([2H])C(=O)N(C([2H])([2H])[2H])C([2H])([2H])[2H])c(-c3ccc(C([2H])([2H])[2H])cc3)nc2c1[2H]. The number of hydrogen-bond acceptors (Lipinski definition) is 2. The lowest BCUT2D eigenvalue weighted by atomic mass is 10.1. The van der Waals surface area contributed by atoms with Gasteiger partial charge in [-0.05, 0) is 25.3 Å². The zero-order valence-corrected chi connectivity index (χ0v) is 11.6. The Bertz CT molecular complexity index is 1400. The lowest BCUT2D eigenvalue weighted by Crippen LogP contribution is -2.24. The van der Waals surface area contributed by atoms with E-state index in [0.29, 0.717) is 4.40 Å². The highest BCUT2D eigenvalue weighted by Gasteiger charge is 2.18. The maximum absolute atomic E-state index is 13.2. The first-order valence-electron chi connectivity index (χ1n) is 14.5. The first-order chi connectivity index (χ1) is 17.5. The highest BCUT2D eigenvalue weighted by atomic mass is 16.2. The minimum atomic E-state index is -3.52. The molecule has 0 fully saturated rings. The summed E-state index contributed by atoms with van der Waals surface area (Å²) in [6.07, 6.45) is -3.36. The van der Waals surface area contributed by atoms with Gasteiger partial charge in [-0.15, -0.1) is 0 Å². The van der Waals surface area contributed by atoms with Crippen molar-refractivity contribution in [2.45, 2.75) is 20.1 Å². The van der Waals surface area contributed by atoms with E-state index in [0.717, 1.165) is 0 Å². The molecule has 0 spiro atoms. The number of carbonyl (C=O) groups excluding carboxylic acids is 1. The van der Waals surface area contributed by atoms with Crippen LogP contribution >= 0.6 is 0 Å². The van der Waals surface area contributed by atoms with Crippen LogP contribution in [0.3, 0.4) is 0 Å². The minimum Gasteiger partial charge on any atom is -0.348 e. The van der Waals surface area contributed by atoms with Crippen LogP contribution in [0, 0.1) is 13.7 Å². The molecule has 1 aromatic carbocycles. The molecule has 0 saturated heterocycles. The first-order valence-corrected chi connectivity index (χ1v) is 6.39. The molecule has 2 aromatic heterocycles. The summed E-state index contributed by atoms with van der Waals surface area (Å²) in [5, 5.41) is 0. The fraction of sp³-hybridized carbons (Fsp3) is 0.263. The molecular formula is C19H21N3O. The minimum absolute atomic E-state index is 0.0295. The fourth-order valence-corrected chi connectivity index (χ4v) is 2.04. The topological polar surface area (TPSA) is 37.6 Å². The predicted molar refractivity (Wildman–Crippen MR) is 92.5 cm³/mol. The molecule has 3 aromatic rings. The Morgan fingerprint density at radius 1 is 1.26 bits per heavy atom. The van der Waals surface area contributed by atoms with Crippen molar-refractivity contribution in [1.29, 1.82) is 0 Å². The third-order valence-electron chi connectivity index (χ3n) is 3.07. The number of benzene rings is 1. The van der Waals surface area contributed by atoms with Gasteiger partial charge in [-0.3, -0.25) is 4.79 Å². The van der Waals surface area contributed by atoms with Gasteiger partial charge >= 0.3 is 0 Å². The number of hydrogen-bond donors (Lipinski definition) is 0. The Morgan fingerprint density at radius 3 is 2.74 bits per heavy atom. The van der Waals surface area contributed by atoms with Crippen molar-refractivity contribution in [2.75, 3.05) is 14.0 Å². The van der Waals surface area contributed by atoms with Gasteiger partial charge in [0.15, 0.2) is 0 Å². The molecule has 1 amide bonds. The van der Waals surface area contributed by atoms with Gasteiger partial charge in [0.05, 0.1) is 21.9 Å². The van der Waals surface area contributed by atoms with Gasteiger partial charge in [-0.25, -0.2) is 4.98 Å². The smallest absolute Gasteiger partial charge is 0.228 e. The molecule has 0 aliphatic rings. The van der Waals surface area contributed by atoms with Crippen LogP contribution in [0.1, 0.15) is 38.8 Å². The molecule has 0 aliphatic carbocycles. The standard InChI is InChI=1S/C19H21N3O/c1-13-5-8-15(9-6-13)19-16(11-18(23)21(3)4)22-12-14(2)7-10-17(22)20-19/h5-10,12H,11H2,1-4H3/i1D3,2D3,3D3,4D3,7D,10D,11D,12D. The summed E-state index contributed by atoms with van der Waals surface area (Å²) in [6.45, 7) is -12.6. The Labute approximate surface area is 158 Å². The van der Waals surface area contributed by atoms with E-state index in [2.05, 4.69) is 4.98 Å². The van der Waals surface area contributed by atoms with Crippen LogP contribution in [0.2, 0.25) is 0 Å². The molecule has 1 atom stereocenters. The number of nitrogens with zero attached hydrogens (tertiary/aromatic N) is 3. The molecule has 0 aliphatic heterocycles. The number of imidazole rings is 1. The van der Waals surface area contributed by atoms with Crippen molar-refractivity contribution < 1.29 is 26.7 Å². The Kier molecular flexibility index (Phi) is 1.33. The molecule has 0 radical (unpaired) electrons. The lowest BCUT2D eigenvalue weighted by molar-refractivity contribution is -0.128. The maximum Gasteiger partial charge on any atom is 0.228 e. The summed E-state index contributed by atoms with van der Waals surface area (Å²) in [4.78, 5) is 16.9. The van der Waals surface area contributed by atoms with Crippen LogP contribution in [-0.2, 0) is 11.2 Å². The number of pyridine rings is 1. The van der Waals surface area contributed by atoms with E-state index in [1.807, 2.05) is 0 Å². The normalized spacial score (nSPS) is 24.7. The van der Waals surface area contributed by atoms with Crippen molar-refractivity contribution in [3.05, 3.63) is 59.3 Å². The van der Waals surface area contributed by atoms with E-state index in [4.69, 9.17) is 21.9 Å². The largest absolute Gasteiger partial charge is 0.348 e. The second kappa shape index (κ2) is 5.88. The molecule has 4 heteroatoms. The van der Waals surface area contributed by atoms with Crippen LogP contribution in [-0.4, -0.2) is 34.1 Å². The van der Waals surface area contributed by atoms with E-state index in [1.54, 1.807) is 0 Å². The summed E-state index contributed by atoms with van der Waals surface area (Å²) in [7, 11) is 0. The van der Waals surface area contributed by atoms with Crippen molar-refractivity contribution >= 4 is 11.6 Å². The summed E-state index contributed by atoms with van der Waals surface area (Å²) in [5.74, 6) is -1.76. The molecule has 23 heavy (non-hydrogen) atoms. The number of likely N-dealkylation sites (N-methyl/N-ethyl adjacent to an activating group) is 1. The van der Waals surface area contributed by atoms with Crippen molar-refractivity contribution in [3.8, 4) is 11.3 Å². The third-order valence-corrected chi connectivity index (χ3v) is 3.07. The predicted octanol–water partition coefficient (Wildman–Crippen LogP) is 3.25. The summed E-state index contributed by atoms with van der Waals surface area (Å²) in [5.41, 5.74) is -2.48. The van der Waals surface area contributed by atoms with Crippen LogP contribution in [0.4, 0.5) is 0 Å². The number of fused-ring (bicyclic) bond motifs is 1. The van der Waals surface area contributed by atoms with Gasteiger partial charge in [0.1, 0.15) is 5.65 Å². The number of aromatic nitrogens is 2. The van der Waals surface area contributed by atoms with Crippen LogP contribution in [0.15, 0.2) is 42.5 Å². The van der Waals surface area contributed by atoms with Crippen LogP contribution < -0.4 is 0 Å². The molecule has 3 rings (SSSR count). The number of rotatable bonds is 3. The van der Waals surface area contributed by atoms with E-state index in [9.17, 15) is 4.79 Å². The third kappa shape index (κ3) is 2.97. The molecule has 118 valence electrons. The number of amides is 1. The van der Waals surface area contributed by atoms with Crippen molar-refractivity contribution in [1.82, 2.24) is 14.3 Å². The molecule has 0 bridgehead atoms. The first kappa shape index (κ1) is 5.20. The van der Waals surface area contributed by atoms with Gasteiger partial charge in [-0.1, -0.05) is 35.9 Å². The van der Waals surface area contributed by atoms with E-state index in [1.165, 1.54) is 24.3 Å². The average Bonchev–Trinajstić information content (AvgIpc) is 3.14. The van der Waals surface area contributed by atoms with E-state index < -0.39 is 80.0 Å². The van der Waals surface area contributed by atoms with Gasteiger partial charge < -0.3 is 9.30 Å². The second-order valence-corrected chi connectivity index (χ2v) is 4.64. The zero-order valence-electron chi connectivity index (χ0n) is 27.6. The molecule has 0 N–H and O–H groups in total. The van der Waals surface area contributed by atoms with Crippen LogP contribution in [0.25, 0.3) is 16.9 Å². The Hall–Kier alpha value is -2.62. The average molecular weight is 323 g/mol. The molecule has 2 heterocycles. The summed E-state index contributed by atoms with van der Waals surface area (Å²) < 4.78 is 125. The van der Waals surface area contributed by atoms with E-state index >= 15 is 0 Å². The van der Waals surface area contributed by atoms with Crippen LogP contribution in [0.5, 0.6) is 0 Å². The van der Waals surface area contributed by atoms with Crippen molar-refractivity contribution in [3.63, 3.8) is 0 Å². The molecule has 0 saturated carbocycles. The number of aryl methyl sites for hydroxylation is 1. The van der Waals surface area contributed by atoms with Gasteiger partial charge in [-0.2, -0.15) is 0 Å². The van der Waals surface area contributed by atoms with Gasteiger partial charge in [0.25, 0.3) is 0 Å². The Morgan fingerprint density at radius 2 is 2.04 bits per heavy atom. The highest BCUT2D eigenvalue weighted by molar-refractivity contribution is 5.81. The molecular weight excluding hydrogens is 286 g/mol. The summed E-state index contributed by atoms with van der Waals surface area (Å²) >= 11 is 0. The second-order valence-electron chi connectivity index (χ2n) is 4.64. The zero-order chi connectivity index (χ0) is 30.0. The van der Waals surface area contributed by atoms with Gasteiger partial charge in [0, 0.05) is 43.5 Å². The summed E-state index contributed by atoms with van der Waals surface area (Å²) in [6, 6.07) is 3.17. The molecule has 1 unspecified atom stereocenters. The highest BCUT2D eigenvalue weighted by Crippen LogP contribution is 2.26. The molecule has 4 nitrogen and oxygen atoms in total. The quantitative estimate of drug-likeness (QED) is 0.742. The number of carbonyl (C=O) groups is 1. The maximum atomic E-state index is 13.2. The van der Waals surface area contributed by atoms with E-state index in [-0.39, 0.29) is 16.8 Å². The lowest BCUT2D eigenvalue weighted by Gasteiger charge is -2.11. The fourth-order valence-electron chi connectivity index (χ4n) is 2.04. The Balaban J connectivity index is 2.45. The van der Waals surface area contributed by atoms with Crippen molar-refractivity contribution in [2.24, 2.45) is 0 Å².